The Balaban J connectivity index is 1.75. The maximum Gasteiger partial charge on any atom is 0.416 e. The largest absolute Gasteiger partial charge is 0.416 e. The monoisotopic (exact) mass is 352 g/mol. The number of nitrogens with zero attached hydrogens (tertiary/aromatic N) is 2. The molecule has 1 aliphatic rings. The molecule has 0 bridgehead atoms. The quantitative estimate of drug-likeness (QED) is 0.554. The molecule has 130 valence electrons. The molecule has 1 aliphatic heterocycles. The van der Waals surface area contributed by atoms with Crippen LogP contribution in [0.15, 0.2) is 83.9 Å². The van der Waals surface area contributed by atoms with Crippen LogP contribution >= 0.6 is 0 Å². The summed E-state index contributed by atoms with van der Waals surface area (Å²) in [7, 11) is 0. The second-order valence-electron chi connectivity index (χ2n) is 6.05. The maximum atomic E-state index is 12.9. The highest BCUT2D eigenvalue weighted by atomic mass is 19.4. The van der Waals surface area contributed by atoms with E-state index in [0.29, 0.717) is 12.2 Å². The average molecular weight is 352 g/mol. The molecular weight excluding hydrogens is 337 g/mol. The summed E-state index contributed by atoms with van der Waals surface area (Å²) in [6.07, 6.45) is -4.38. The van der Waals surface area contributed by atoms with Gasteiger partial charge in [-0.05, 0) is 36.4 Å². The van der Waals surface area contributed by atoms with Gasteiger partial charge in [0.15, 0.2) is 0 Å². The minimum Gasteiger partial charge on any atom is -0.335 e. The Bertz CT molecular complexity index is 962. The number of fused-ring (bicyclic) bond motifs is 1. The third-order valence-electron chi connectivity index (χ3n) is 4.32. The van der Waals surface area contributed by atoms with Gasteiger partial charge >= 0.3 is 6.18 Å². The zero-order valence-electron chi connectivity index (χ0n) is 13.7. The second-order valence-corrected chi connectivity index (χ2v) is 6.05. The lowest BCUT2D eigenvalue weighted by Gasteiger charge is -2.18. The van der Waals surface area contributed by atoms with Gasteiger partial charge in [0.2, 0.25) is 0 Å². The van der Waals surface area contributed by atoms with Gasteiger partial charge < -0.3 is 4.90 Å². The first kappa shape index (κ1) is 16.4. The summed E-state index contributed by atoms with van der Waals surface area (Å²) in [5, 5.41) is 0. The molecule has 0 atom stereocenters. The molecule has 0 spiro atoms. The summed E-state index contributed by atoms with van der Waals surface area (Å²) in [5.41, 5.74) is 3.33. The number of aliphatic imine (C=N–C) groups is 1. The van der Waals surface area contributed by atoms with Crippen LogP contribution in [0.1, 0.15) is 11.1 Å². The smallest absolute Gasteiger partial charge is 0.335 e. The molecule has 5 heteroatoms. The van der Waals surface area contributed by atoms with E-state index < -0.39 is 11.7 Å². The topological polar surface area (TPSA) is 15.6 Å². The van der Waals surface area contributed by atoms with Gasteiger partial charge in [0.05, 0.1) is 29.2 Å². The molecule has 0 aliphatic carbocycles. The van der Waals surface area contributed by atoms with Crippen LogP contribution in [0.4, 0.5) is 30.2 Å². The summed E-state index contributed by atoms with van der Waals surface area (Å²) in [5.74, 6) is 0. The van der Waals surface area contributed by atoms with Crippen molar-refractivity contribution in [1.29, 1.82) is 0 Å². The van der Waals surface area contributed by atoms with Gasteiger partial charge in [-0.2, -0.15) is 13.2 Å². The van der Waals surface area contributed by atoms with Crippen molar-refractivity contribution in [1.82, 2.24) is 0 Å². The molecule has 0 amide bonds. The summed E-state index contributed by atoms with van der Waals surface area (Å²) in [6.45, 7) is 0.513. The fourth-order valence-electron chi connectivity index (χ4n) is 3.11. The molecule has 1 heterocycles. The fraction of sp³-hybridized carbons (Fsp3) is 0.0952. The van der Waals surface area contributed by atoms with E-state index in [1.807, 2.05) is 54.6 Å². The number of hydrogen-bond acceptors (Lipinski definition) is 2. The molecule has 3 aromatic carbocycles. The van der Waals surface area contributed by atoms with Crippen molar-refractivity contribution in [2.24, 2.45) is 4.99 Å². The van der Waals surface area contributed by atoms with Crippen LogP contribution < -0.4 is 4.90 Å². The van der Waals surface area contributed by atoms with Crippen molar-refractivity contribution in [3.05, 3.63) is 90.0 Å². The predicted octanol–water partition coefficient (Wildman–Crippen LogP) is 5.98. The lowest BCUT2D eigenvalue weighted by molar-refractivity contribution is -0.137. The molecule has 0 N–H and O–H groups in total. The van der Waals surface area contributed by atoms with Gasteiger partial charge in [-0.3, -0.25) is 4.99 Å². The van der Waals surface area contributed by atoms with Gasteiger partial charge in [-0.15, -0.1) is 0 Å². The van der Waals surface area contributed by atoms with Crippen molar-refractivity contribution in [3.8, 4) is 0 Å². The van der Waals surface area contributed by atoms with Gasteiger partial charge in [0.25, 0.3) is 0 Å². The van der Waals surface area contributed by atoms with E-state index in [-0.39, 0.29) is 0 Å². The predicted molar refractivity (Wildman–Crippen MR) is 97.5 cm³/mol. The van der Waals surface area contributed by atoms with Crippen LogP contribution in [-0.2, 0) is 6.18 Å². The number of anilines is 2. The van der Waals surface area contributed by atoms with Crippen LogP contribution in [0, 0.1) is 0 Å². The second kappa shape index (κ2) is 6.33. The van der Waals surface area contributed by atoms with Crippen LogP contribution in [0.25, 0.3) is 0 Å². The normalized spacial score (nSPS) is 15.3. The SMILES string of the molecule is FC(F)(F)c1cccc(N=C2CN(c3ccccc3)c3ccccc32)c1. The molecule has 0 unspecified atom stereocenters. The molecule has 0 radical (unpaired) electrons. The number of alkyl halides is 3. The third kappa shape index (κ3) is 3.08. The van der Waals surface area contributed by atoms with E-state index in [0.717, 1.165) is 34.8 Å². The lowest BCUT2D eigenvalue weighted by Crippen LogP contribution is -2.16. The Kier molecular flexibility index (Phi) is 3.99. The molecule has 26 heavy (non-hydrogen) atoms. The Morgan fingerprint density at radius 3 is 2.31 bits per heavy atom. The molecule has 0 saturated carbocycles. The van der Waals surface area contributed by atoms with E-state index in [1.54, 1.807) is 6.07 Å². The van der Waals surface area contributed by atoms with Gasteiger partial charge in [-0.25, -0.2) is 0 Å². The zero-order valence-corrected chi connectivity index (χ0v) is 13.7. The number of para-hydroxylation sites is 2. The van der Waals surface area contributed by atoms with Crippen molar-refractivity contribution >= 4 is 22.8 Å². The standard InChI is InChI=1S/C21H15F3N2/c22-21(23,24)15-7-6-8-16(13-15)25-19-14-26(17-9-2-1-3-10-17)20-12-5-4-11-18(19)20/h1-13H,14H2. The van der Waals surface area contributed by atoms with Crippen LogP contribution in [0.2, 0.25) is 0 Å². The fourth-order valence-corrected chi connectivity index (χ4v) is 3.11. The Morgan fingerprint density at radius 1 is 0.808 bits per heavy atom. The number of hydrogen-bond donors (Lipinski definition) is 0. The molecule has 4 rings (SSSR count). The maximum absolute atomic E-state index is 12.9. The van der Waals surface area contributed by atoms with Crippen molar-refractivity contribution in [2.75, 3.05) is 11.4 Å². The first-order chi connectivity index (χ1) is 12.5. The van der Waals surface area contributed by atoms with E-state index in [2.05, 4.69) is 9.89 Å². The van der Waals surface area contributed by atoms with Crippen LogP contribution in [-0.4, -0.2) is 12.3 Å². The summed E-state index contributed by atoms with van der Waals surface area (Å²) in [4.78, 5) is 6.64. The molecule has 2 nitrogen and oxygen atoms in total. The molecule has 0 aromatic heterocycles. The Labute approximate surface area is 149 Å². The average Bonchev–Trinajstić information content (AvgIpc) is 3.01. The molecule has 0 saturated heterocycles. The molecule has 3 aromatic rings. The van der Waals surface area contributed by atoms with Crippen molar-refractivity contribution in [3.63, 3.8) is 0 Å². The third-order valence-corrected chi connectivity index (χ3v) is 4.32. The van der Waals surface area contributed by atoms with Crippen molar-refractivity contribution < 1.29 is 13.2 Å². The highest BCUT2D eigenvalue weighted by molar-refractivity contribution is 6.14. The van der Waals surface area contributed by atoms with E-state index in [9.17, 15) is 13.2 Å². The number of rotatable bonds is 2. The van der Waals surface area contributed by atoms with Gasteiger partial charge in [0, 0.05) is 11.3 Å². The van der Waals surface area contributed by atoms with E-state index in [1.165, 1.54) is 6.07 Å². The highest BCUT2D eigenvalue weighted by Gasteiger charge is 2.31. The summed E-state index contributed by atoms with van der Waals surface area (Å²) < 4.78 is 38.8. The Hall–Kier alpha value is -3.08. The number of halogens is 3. The number of benzene rings is 3. The molecule has 0 fully saturated rings. The van der Waals surface area contributed by atoms with Gasteiger partial charge in [-0.1, -0.05) is 42.5 Å². The van der Waals surface area contributed by atoms with E-state index >= 15 is 0 Å². The minimum absolute atomic E-state index is 0.305. The van der Waals surface area contributed by atoms with Crippen molar-refractivity contribution in [2.45, 2.75) is 6.18 Å². The van der Waals surface area contributed by atoms with E-state index in [4.69, 9.17) is 0 Å². The Morgan fingerprint density at radius 2 is 1.54 bits per heavy atom. The first-order valence-electron chi connectivity index (χ1n) is 8.19. The molecular formula is C21H15F3N2. The summed E-state index contributed by atoms with van der Waals surface area (Å²) >= 11 is 0. The minimum atomic E-state index is -4.38. The highest BCUT2D eigenvalue weighted by Crippen LogP contribution is 2.36. The van der Waals surface area contributed by atoms with Crippen LogP contribution in [0.5, 0.6) is 0 Å². The lowest BCUT2D eigenvalue weighted by atomic mass is 10.1. The zero-order chi connectivity index (χ0) is 18.1. The van der Waals surface area contributed by atoms with Gasteiger partial charge in [0.1, 0.15) is 0 Å². The van der Waals surface area contributed by atoms with Crippen LogP contribution in [0.3, 0.4) is 0 Å². The summed E-state index contributed by atoms with van der Waals surface area (Å²) in [6, 6.07) is 22.8. The first-order valence-corrected chi connectivity index (χ1v) is 8.19.